The Morgan fingerprint density at radius 1 is 0.947 bits per heavy atom. The summed E-state index contributed by atoms with van der Waals surface area (Å²) in [5.74, 6) is 0. The lowest BCUT2D eigenvalue weighted by Crippen LogP contribution is -2.36. The predicted molar refractivity (Wildman–Crippen MR) is 84.1 cm³/mol. The van der Waals surface area contributed by atoms with Gasteiger partial charge in [0.05, 0.1) is 0 Å². The van der Waals surface area contributed by atoms with Crippen molar-refractivity contribution in [3.05, 3.63) is 49.1 Å². The van der Waals surface area contributed by atoms with Gasteiger partial charge in [-0.15, -0.1) is 30.5 Å². The van der Waals surface area contributed by atoms with Crippen LogP contribution < -0.4 is 0 Å². The summed E-state index contributed by atoms with van der Waals surface area (Å²) in [6.45, 7) is 18.0. The number of hydrogen-bond donors (Lipinski definition) is 0. The van der Waals surface area contributed by atoms with E-state index in [1.54, 1.807) is 13.8 Å². The highest BCUT2D eigenvalue weighted by Crippen LogP contribution is 2.55. The number of halogens is 1. The molecule has 0 aliphatic heterocycles. The van der Waals surface area contributed by atoms with Gasteiger partial charge in [0.2, 0.25) is 0 Å². The van der Waals surface area contributed by atoms with E-state index in [0.29, 0.717) is 12.1 Å². The quantitative estimate of drug-likeness (QED) is 0.423. The average molecular weight is 320 g/mol. The van der Waals surface area contributed by atoms with Gasteiger partial charge in [0.15, 0.2) is 0 Å². The van der Waals surface area contributed by atoms with Gasteiger partial charge in [0.1, 0.15) is 0 Å². The van der Waals surface area contributed by atoms with Gasteiger partial charge < -0.3 is 8.43 Å². The lowest BCUT2D eigenvalue weighted by Gasteiger charge is -2.29. The van der Waals surface area contributed by atoms with Crippen LogP contribution in [0, 0.1) is 0 Å². The molecule has 0 N–H and O–H groups in total. The average Bonchev–Trinajstić information content (AvgIpc) is 2.42. The first-order chi connectivity index (χ1) is 8.78. The second-order valence-corrected chi connectivity index (χ2v) is 13.2. The number of hydrogen-bond acceptors (Lipinski definition) is 3. The summed E-state index contributed by atoms with van der Waals surface area (Å²) in [4.78, 5) is 0. The standard InChI is InChI=1S/C12H22FO3PSi2/c1-7-18(8-2,9-3)15-17(13,14)16-19(10-4,11-5)12-6/h7-8,10-11H,1-2,4-5,9,12H2,3,6H3. The fourth-order valence-electron chi connectivity index (χ4n) is 1.45. The maximum absolute atomic E-state index is 14.2. The molecule has 0 aliphatic carbocycles. The van der Waals surface area contributed by atoms with E-state index in [9.17, 15) is 8.76 Å². The Hall–Kier alpha value is -0.526. The molecule has 0 aromatic rings. The molecule has 0 heterocycles. The molecule has 0 radical (unpaired) electrons. The third-order valence-corrected chi connectivity index (χ3v) is 12.5. The molecule has 0 spiro atoms. The summed E-state index contributed by atoms with van der Waals surface area (Å²) < 4.78 is 36.4. The molecule has 19 heavy (non-hydrogen) atoms. The van der Waals surface area contributed by atoms with E-state index in [1.165, 1.54) is 22.8 Å². The molecule has 0 rings (SSSR count). The SMILES string of the molecule is C=C[Si](C=C)(CC)OP(=O)(F)O[Si](C=C)(C=C)CC. The molecule has 3 nitrogen and oxygen atoms in total. The molecule has 0 aliphatic rings. The maximum Gasteiger partial charge on any atom is 0.494 e. The van der Waals surface area contributed by atoms with Gasteiger partial charge >= 0.3 is 7.91 Å². The molecule has 0 aromatic carbocycles. The fraction of sp³-hybridized carbons (Fsp3) is 0.333. The summed E-state index contributed by atoms with van der Waals surface area (Å²) >= 11 is 0. The minimum Gasteiger partial charge on any atom is -0.318 e. The Bertz CT molecular complexity index is 362. The Kier molecular flexibility index (Phi) is 7.11. The van der Waals surface area contributed by atoms with Crippen LogP contribution in [0.5, 0.6) is 0 Å². The third-order valence-electron chi connectivity index (χ3n) is 3.05. The van der Waals surface area contributed by atoms with Gasteiger partial charge in [-0.25, -0.2) is 4.57 Å². The predicted octanol–water partition coefficient (Wildman–Crippen LogP) is 4.93. The van der Waals surface area contributed by atoms with Crippen LogP contribution in [0.1, 0.15) is 13.8 Å². The van der Waals surface area contributed by atoms with Gasteiger partial charge in [-0.2, -0.15) is 0 Å². The van der Waals surface area contributed by atoms with E-state index in [2.05, 4.69) is 26.3 Å². The van der Waals surface area contributed by atoms with E-state index < -0.39 is 24.5 Å². The van der Waals surface area contributed by atoms with Crippen molar-refractivity contribution >= 4 is 24.5 Å². The normalized spacial score (nSPS) is 12.8. The summed E-state index contributed by atoms with van der Waals surface area (Å²) in [5, 5.41) is 0. The highest BCUT2D eigenvalue weighted by atomic mass is 31.2. The minimum absolute atomic E-state index is 0.486. The van der Waals surface area contributed by atoms with Gasteiger partial charge in [0.25, 0.3) is 16.6 Å². The molecular weight excluding hydrogens is 298 g/mol. The molecule has 0 fully saturated rings. The van der Waals surface area contributed by atoms with E-state index >= 15 is 0 Å². The zero-order valence-corrected chi connectivity index (χ0v) is 14.5. The Labute approximate surface area is 117 Å². The minimum atomic E-state index is -4.70. The zero-order valence-electron chi connectivity index (χ0n) is 11.6. The molecule has 0 saturated carbocycles. The highest BCUT2D eigenvalue weighted by molar-refractivity contribution is 7.52. The molecule has 0 saturated heterocycles. The van der Waals surface area contributed by atoms with Crippen LogP contribution >= 0.6 is 7.91 Å². The second kappa shape index (κ2) is 7.31. The van der Waals surface area contributed by atoms with Crippen LogP contribution in [0.25, 0.3) is 0 Å². The molecule has 0 bridgehead atoms. The van der Waals surface area contributed by atoms with Gasteiger partial charge in [0, 0.05) is 0 Å². The Morgan fingerprint density at radius 2 is 1.21 bits per heavy atom. The van der Waals surface area contributed by atoms with Gasteiger partial charge in [-0.3, -0.25) is 0 Å². The van der Waals surface area contributed by atoms with Crippen molar-refractivity contribution in [1.82, 2.24) is 0 Å². The van der Waals surface area contributed by atoms with E-state index in [0.717, 1.165) is 0 Å². The lowest BCUT2D eigenvalue weighted by atomic mass is 11.0. The molecule has 0 amide bonds. The van der Waals surface area contributed by atoms with Crippen LogP contribution in [-0.4, -0.2) is 16.6 Å². The fourth-order valence-corrected chi connectivity index (χ4v) is 8.89. The monoisotopic (exact) mass is 320 g/mol. The van der Waals surface area contributed by atoms with Crippen molar-refractivity contribution in [2.45, 2.75) is 25.9 Å². The van der Waals surface area contributed by atoms with Crippen molar-refractivity contribution in [2.75, 3.05) is 0 Å². The first kappa shape index (κ1) is 18.5. The first-order valence-corrected chi connectivity index (χ1v) is 12.0. The number of rotatable bonds is 10. The molecule has 0 unspecified atom stereocenters. The van der Waals surface area contributed by atoms with Crippen LogP contribution in [0.15, 0.2) is 49.1 Å². The highest BCUT2D eigenvalue weighted by Gasteiger charge is 2.43. The zero-order chi connectivity index (χ0) is 15.2. The first-order valence-electron chi connectivity index (χ1n) is 6.03. The Balaban J connectivity index is 5.24. The van der Waals surface area contributed by atoms with E-state index in [1.807, 2.05) is 0 Å². The van der Waals surface area contributed by atoms with Crippen LogP contribution in [0.4, 0.5) is 4.20 Å². The van der Waals surface area contributed by atoms with Crippen molar-refractivity contribution in [3.8, 4) is 0 Å². The Morgan fingerprint density at radius 3 is 1.37 bits per heavy atom. The third kappa shape index (κ3) is 4.82. The second-order valence-electron chi connectivity index (χ2n) is 4.05. The molecule has 0 atom stereocenters. The van der Waals surface area contributed by atoms with Gasteiger partial charge in [-0.1, -0.05) is 36.6 Å². The van der Waals surface area contributed by atoms with E-state index in [4.69, 9.17) is 8.43 Å². The van der Waals surface area contributed by atoms with Gasteiger partial charge in [-0.05, 0) is 12.1 Å². The molecule has 0 aromatic heterocycles. The van der Waals surface area contributed by atoms with Crippen LogP contribution in [-0.2, 0) is 13.0 Å². The lowest BCUT2D eigenvalue weighted by molar-refractivity contribution is 0.336. The summed E-state index contributed by atoms with van der Waals surface area (Å²) in [6, 6.07) is 0.972. The maximum atomic E-state index is 14.2. The molecule has 7 heteroatoms. The summed E-state index contributed by atoms with van der Waals surface area (Å²) in [5.41, 5.74) is 5.97. The topological polar surface area (TPSA) is 35.5 Å². The smallest absolute Gasteiger partial charge is 0.318 e. The summed E-state index contributed by atoms with van der Waals surface area (Å²) in [6.07, 6.45) is 0. The van der Waals surface area contributed by atoms with Crippen LogP contribution in [0.2, 0.25) is 12.1 Å². The van der Waals surface area contributed by atoms with Crippen LogP contribution in [0.3, 0.4) is 0 Å². The molecular formula is C12H22FO3PSi2. The summed E-state index contributed by atoms with van der Waals surface area (Å²) in [7, 11) is -10.2. The van der Waals surface area contributed by atoms with Crippen molar-refractivity contribution < 1.29 is 17.2 Å². The largest absolute Gasteiger partial charge is 0.494 e. The van der Waals surface area contributed by atoms with Crippen molar-refractivity contribution in [2.24, 2.45) is 0 Å². The van der Waals surface area contributed by atoms with Crippen molar-refractivity contribution in [1.29, 1.82) is 0 Å². The van der Waals surface area contributed by atoms with E-state index in [-0.39, 0.29) is 0 Å². The van der Waals surface area contributed by atoms with Crippen molar-refractivity contribution in [3.63, 3.8) is 0 Å². The molecule has 108 valence electrons.